The van der Waals surface area contributed by atoms with E-state index in [0.717, 1.165) is 0 Å². The Morgan fingerprint density at radius 2 is 0.931 bits per heavy atom. The van der Waals surface area contributed by atoms with Crippen molar-refractivity contribution >= 4 is 0 Å². The zero-order valence-electron chi connectivity index (χ0n) is 20.8. The van der Waals surface area contributed by atoms with Crippen molar-refractivity contribution in [1.82, 2.24) is 0 Å². The second-order valence-corrected chi connectivity index (χ2v) is 31.2. The van der Waals surface area contributed by atoms with E-state index in [0.29, 0.717) is 6.34 Å². The van der Waals surface area contributed by atoms with Crippen LogP contribution in [0.1, 0.15) is 95.9 Å². The van der Waals surface area contributed by atoms with Gasteiger partial charge in [-0.1, -0.05) is 0 Å². The third-order valence-electron chi connectivity index (χ3n) is 8.67. The average molecular weight is 604 g/mol. The molecule has 0 aromatic rings. The number of hydrogen-bond acceptors (Lipinski definition) is 0. The van der Waals surface area contributed by atoms with Gasteiger partial charge in [0.1, 0.15) is 0 Å². The maximum absolute atomic E-state index is 2.92. The molecule has 3 aliphatic rings. The maximum Gasteiger partial charge on any atom is -1.00 e. The first-order valence-corrected chi connectivity index (χ1v) is 18.0. The molecule has 0 saturated carbocycles. The quantitative estimate of drug-likeness (QED) is 0.426. The Balaban J connectivity index is 0.00000210. The Kier molecular flexibility index (Phi) is 7.35. The third kappa shape index (κ3) is 3.68. The SMILES string of the molecule is CC1=[C]([Hf+2]2([C]3=C(C)C=C(C(C)(C)C)C3)[C](C)(C)[C]2(C)C)CC(C(C)(C)C)=C1.[Cl-].[Cl-]. The molecule has 0 amide bonds. The minimum atomic E-state index is -2.92. The van der Waals surface area contributed by atoms with Crippen molar-refractivity contribution in [3.05, 3.63) is 41.1 Å². The van der Waals surface area contributed by atoms with E-state index in [1.165, 1.54) is 12.8 Å². The summed E-state index contributed by atoms with van der Waals surface area (Å²) in [5.41, 5.74) is 7.15. The van der Waals surface area contributed by atoms with Gasteiger partial charge in [-0.2, -0.15) is 0 Å². The van der Waals surface area contributed by atoms with Gasteiger partial charge in [0, 0.05) is 0 Å². The normalized spacial score (nSPS) is 23.6. The van der Waals surface area contributed by atoms with Gasteiger partial charge < -0.3 is 24.8 Å². The molecule has 0 N–H and O–H groups in total. The van der Waals surface area contributed by atoms with E-state index >= 15 is 0 Å². The van der Waals surface area contributed by atoms with Crippen molar-refractivity contribution in [2.75, 3.05) is 0 Å². The van der Waals surface area contributed by atoms with Gasteiger partial charge in [0.05, 0.1) is 0 Å². The standard InChI is InChI=1S/2C10H15.C6H12.2ClH.Hf/c2*1-8-5-6-9(7-8)10(2,3)4;1-5(2)6(3)4;;;/h2*7H,6H2,1-4H3;1-4H3;2*1H;/q;;;;;+2/p-2. The zero-order valence-corrected chi connectivity index (χ0v) is 25.9. The van der Waals surface area contributed by atoms with Crippen LogP contribution in [-0.2, 0) is 20.0 Å². The molecular formula is C26H42Cl2Hf. The molecule has 0 radical (unpaired) electrons. The van der Waals surface area contributed by atoms with Crippen LogP contribution < -0.4 is 24.8 Å². The Hall–Kier alpha value is 0.410. The largest absolute Gasteiger partial charge is 1.00 e. The molecule has 1 heterocycles. The van der Waals surface area contributed by atoms with Crippen LogP contribution >= 0.6 is 0 Å². The molecule has 1 saturated heterocycles. The Morgan fingerprint density at radius 3 is 1.10 bits per heavy atom. The van der Waals surface area contributed by atoms with E-state index in [2.05, 4.69) is 95.2 Å². The molecule has 0 nitrogen and oxygen atoms in total. The molecule has 3 heteroatoms. The van der Waals surface area contributed by atoms with Crippen LogP contribution in [-0.4, -0.2) is 0 Å². The predicted molar refractivity (Wildman–Crippen MR) is 118 cm³/mol. The second kappa shape index (κ2) is 7.77. The Labute approximate surface area is 197 Å². The van der Waals surface area contributed by atoms with Crippen molar-refractivity contribution < 1.29 is 44.8 Å². The molecule has 3 rings (SSSR count). The Morgan fingerprint density at radius 1 is 0.655 bits per heavy atom. The van der Waals surface area contributed by atoms with Crippen LogP contribution in [0.15, 0.2) is 41.1 Å². The minimum absolute atomic E-state index is 0. The predicted octanol–water partition coefficient (Wildman–Crippen LogP) is 2.86. The fourth-order valence-electron chi connectivity index (χ4n) is 6.28. The maximum atomic E-state index is 2.61. The van der Waals surface area contributed by atoms with Crippen molar-refractivity contribution in [3.63, 3.8) is 0 Å². The molecule has 0 spiro atoms. The molecule has 164 valence electrons. The molecule has 0 unspecified atom stereocenters. The fraction of sp³-hybridized carbons (Fsp3) is 0.692. The van der Waals surface area contributed by atoms with E-state index in [9.17, 15) is 0 Å². The van der Waals surface area contributed by atoms with Crippen molar-refractivity contribution in [2.24, 2.45) is 10.8 Å². The molecule has 0 atom stereocenters. The molecule has 2 aliphatic carbocycles. The summed E-state index contributed by atoms with van der Waals surface area (Å²) in [6.07, 6.45) is 7.63. The smallest absolute Gasteiger partial charge is 1.00 e. The first kappa shape index (κ1) is 27.4. The van der Waals surface area contributed by atoms with E-state index in [-0.39, 0.29) is 35.6 Å². The first-order chi connectivity index (χ1) is 12.0. The van der Waals surface area contributed by atoms with E-state index < -0.39 is 20.0 Å². The van der Waals surface area contributed by atoms with Crippen LogP contribution in [0.3, 0.4) is 0 Å². The summed E-state index contributed by atoms with van der Waals surface area (Å²) in [5, 5.41) is 0. The number of hydrogen-bond donors (Lipinski definition) is 0. The summed E-state index contributed by atoms with van der Waals surface area (Å²) >= 11 is -2.92. The van der Waals surface area contributed by atoms with Gasteiger partial charge in [-0.3, -0.25) is 0 Å². The third-order valence-corrected chi connectivity index (χ3v) is 36.3. The molecule has 29 heavy (non-hydrogen) atoms. The van der Waals surface area contributed by atoms with Crippen molar-refractivity contribution in [2.45, 2.75) is 102 Å². The monoisotopic (exact) mass is 604 g/mol. The molecule has 1 fully saturated rings. The molecular weight excluding hydrogens is 562 g/mol. The number of rotatable bonds is 2. The first-order valence-electron chi connectivity index (χ1n) is 10.8. The number of allylic oxidation sites excluding steroid dienone is 8. The van der Waals surface area contributed by atoms with Gasteiger partial charge in [-0.15, -0.1) is 0 Å². The summed E-state index contributed by atoms with van der Waals surface area (Å²) in [6.45, 7) is 29.6. The minimum Gasteiger partial charge on any atom is -1.00 e. The van der Waals surface area contributed by atoms with E-state index in [1.54, 1.807) is 22.3 Å². The molecule has 0 aromatic carbocycles. The van der Waals surface area contributed by atoms with Crippen LogP contribution in [0, 0.1) is 10.8 Å². The summed E-state index contributed by atoms with van der Waals surface area (Å²) in [4.78, 5) is 0. The van der Waals surface area contributed by atoms with E-state index in [4.69, 9.17) is 0 Å². The number of halogens is 2. The van der Waals surface area contributed by atoms with Crippen molar-refractivity contribution in [3.8, 4) is 0 Å². The Bertz CT molecular complexity index is 748. The summed E-state index contributed by atoms with van der Waals surface area (Å²) in [7, 11) is 0. The topological polar surface area (TPSA) is 0 Å². The molecule has 0 aromatic heterocycles. The second-order valence-electron chi connectivity index (χ2n) is 12.5. The van der Waals surface area contributed by atoms with E-state index in [1.807, 2.05) is 6.66 Å². The molecule has 0 bridgehead atoms. The van der Waals surface area contributed by atoms with Crippen LogP contribution in [0.25, 0.3) is 0 Å². The zero-order chi connectivity index (χ0) is 20.8. The molecule has 1 aliphatic heterocycles. The van der Waals surface area contributed by atoms with Gasteiger partial charge in [-0.25, -0.2) is 0 Å². The van der Waals surface area contributed by atoms with Crippen LogP contribution in [0.5, 0.6) is 0 Å². The van der Waals surface area contributed by atoms with Gasteiger partial charge >= 0.3 is 174 Å². The summed E-state index contributed by atoms with van der Waals surface area (Å²) in [6, 6.07) is 0. The fourth-order valence-corrected chi connectivity index (χ4v) is 39.6. The van der Waals surface area contributed by atoms with Gasteiger partial charge in [0.2, 0.25) is 0 Å². The van der Waals surface area contributed by atoms with Gasteiger partial charge in [0.25, 0.3) is 0 Å². The van der Waals surface area contributed by atoms with Crippen LogP contribution in [0.4, 0.5) is 0 Å². The van der Waals surface area contributed by atoms with Gasteiger partial charge in [0.15, 0.2) is 0 Å². The van der Waals surface area contributed by atoms with Crippen LogP contribution in [0.2, 0.25) is 6.34 Å². The van der Waals surface area contributed by atoms with Gasteiger partial charge in [-0.05, 0) is 0 Å². The van der Waals surface area contributed by atoms with Crippen molar-refractivity contribution in [1.29, 1.82) is 0 Å². The summed E-state index contributed by atoms with van der Waals surface area (Å²) in [5.74, 6) is 0. The average Bonchev–Trinajstić information content (AvgIpc) is 2.88. The summed E-state index contributed by atoms with van der Waals surface area (Å²) < 4.78 is 4.88.